The molecule has 1 N–H and O–H groups in total. The fourth-order valence-electron chi connectivity index (χ4n) is 3.75. The van der Waals surface area contributed by atoms with Crippen molar-refractivity contribution < 1.29 is 0 Å². The van der Waals surface area contributed by atoms with Crippen LogP contribution in [0.15, 0.2) is 0 Å². The molecule has 2 nitrogen and oxygen atoms in total. The van der Waals surface area contributed by atoms with E-state index < -0.39 is 0 Å². The van der Waals surface area contributed by atoms with E-state index >= 15 is 0 Å². The minimum absolute atomic E-state index is 0.637. The van der Waals surface area contributed by atoms with Gasteiger partial charge in [0.2, 0.25) is 0 Å². The Bertz CT molecular complexity index is 242. The van der Waals surface area contributed by atoms with E-state index in [1.54, 1.807) is 0 Å². The molecule has 0 aliphatic rings. The van der Waals surface area contributed by atoms with Crippen LogP contribution in [0.25, 0.3) is 0 Å². The summed E-state index contributed by atoms with van der Waals surface area (Å²) < 4.78 is 0. The molecule has 0 aromatic carbocycles. The molecule has 0 spiro atoms. The first-order valence-electron chi connectivity index (χ1n) is 12.1. The Kier molecular flexibility index (Phi) is 22.9. The minimum atomic E-state index is 0.637. The van der Waals surface area contributed by atoms with Gasteiger partial charge in [-0.1, -0.05) is 136 Å². The Labute approximate surface area is 165 Å². The van der Waals surface area contributed by atoms with E-state index in [4.69, 9.17) is 0 Å². The molecule has 26 heavy (non-hydrogen) atoms. The molecule has 0 aromatic rings. The number of hydrogen-bond donors (Lipinski definition) is 1. The second kappa shape index (κ2) is 23.0. The van der Waals surface area contributed by atoms with Crippen molar-refractivity contribution >= 4 is 0 Å². The Morgan fingerprint density at radius 3 is 1.00 bits per heavy atom. The molecule has 0 saturated carbocycles. The Balaban J connectivity index is 2.97. The van der Waals surface area contributed by atoms with Gasteiger partial charge in [-0.25, -0.2) is 0 Å². The third kappa shape index (κ3) is 23.9. The molecule has 158 valence electrons. The van der Waals surface area contributed by atoms with Gasteiger partial charge < -0.3 is 10.7 Å². The summed E-state index contributed by atoms with van der Waals surface area (Å²) in [6.07, 6.45) is 28.1. The van der Waals surface area contributed by atoms with Crippen LogP contribution in [0, 0.1) is 11.1 Å². The van der Waals surface area contributed by atoms with Gasteiger partial charge in [0, 0.05) is 0 Å². The first-order valence-corrected chi connectivity index (χ1v) is 12.1. The first-order chi connectivity index (χ1) is 12.8. The van der Waals surface area contributed by atoms with Crippen LogP contribution in [0.4, 0.5) is 0 Å². The van der Waals surface area contributed by atoms with Gasteiger partial charge in [-0.3, -0.25) is 0 Å². The summed E-state index contributed by atoms with van der Waals surface area (Å²) in [7, 11) is 0. The highest BCUT2D eigenvalue weighted by Crippen LogP contribution is 2.15. The van der Waals surface area contributed by atoms with E-state index in [9.17, 15) is 5.21 Å². The maximum absolute atomic E-state index is 10.1. The summed E-state index contributed by atoms with van der Waals surface area (Å²) in [6.45, 7) is 5.31. The highest BCUT2D eigenvalue weighted by Gasteiger charge is 1.96. The van der Waals surface area contributed by atoms with Crippen LogP contribution in [0.2, 0.25) is 0 Å². The molecule has 0 unspecified atom stereocenters. The molecule has 0 atom stereocenters. The zero-order chi connectivity index (χ0) is 19.1. The Hall–Kier alpha value is -0.0800. The summed E-state index contributed by atoms with van der Waals surface area (Å²) in [4.78, 5) is 0. The van der Waals surface area contributed by atoms with Crippen LogP contribution in [0.5, 0.6) is 0 Å². The Morgan fingerprint density at radius 1 is 0.462 bits per heavy atom. The molecule has 2 heteroatoms. The fraction of sp³-hybridized carbons (Fsp3) is 1.00. The number of hydroxylamine groups is 1. The first kappa shape index (κ1) is 25.9. The lowest BCUT2D eigenvalue weighted by atomic mass is 10.0. The lowest BCUT2D eigenvalue weighted by Crippen LogP contribution is -2.04. The number of hydrogen-bond acceptors (Lipinski definition) is 2. The third-order valence-electron chi connectivity index (χ3n) is 5.56. The van der Waals surface area contributed by atoms with E-state index in [1.807, 2.05) is 5.48 Å². The fourth-order valence-corrected chi connectivity index (χ4v) is 3.75. The van der Waals surface area contributed by atoms with Crippen molar-refractivity contribution in [2.75, 3.05) is 6.54 Å². The summed E-state index contributed by atoms with van der Waals surface area (Å²) in [5.74, 6) is 0.888. The van der Waals surface area contributed by atoms with Gasteiger partial charge in [-0.2, -0.15) is 0 Å². The van der Waals surface area contributed by atoms with Gasteiger partial charge in [0.25, 0.3) is 0 Å². The molecular formula is C24H50NO-. The van der Waals surface area contributed by atoms with Gasteiger partial charge in [-0.15, -0.1) is 0 Å². The van der Waals surface area contributed by atoms with Crippen LogP contribution >= 0.6 is 0 Å². The van der Waals surface area contributed by atoms with E-state index in [0.717, 1.165) is 12.3 Å². The molecule has 0 bridgehead atoms. The maximum Gasteiger partial charge on any atom is -0.0170 e. The number of unbranched alkanes of at least 4 members (excludes halogenated alkanes) is 18. The SMILES string of the molecule is CC(C)CCCCCCCCCCCCCCCCCCCCCN[O-]. The van der Waals surface area contributed by atoms with Crippen molar-refractivity contribution in [1.82, 2.24) is 5.48 Å². The monoisotopic (exact) mass is 368 g/mol. The predicted molar refractivity (Wildman–Crippen MR) is 119 cm³/mol. The average Bonchev–Trinajstić information content (AvgIpc) is 2.62. The molecule has 0 aliphatic carbocycles. The smallest absolute Gasteiger partial charge is 0.0170 e. The van der Waals surface area contributed by atoms with E-state index in [-0.39, 0.29) is 0 Å². The van der Waals surface area contributed by atoms with Crippen molar-refractivity contribution in [3.63, 3.8) is 0 Å². The minimum Gasteiger partial charge on any atom is -0.788 e. The normalized spacial score (nSPS) is 11.5. The summed E-state index contributed by atoms with van der Waals surface area (Å²) >= 11 is 0. The second-order valence-corrected chi connectivity index (χ2v) is 8.79. The predicted octanol–water partition coefficient (Wildman–Crippen LogP) is 8.53. The molecular weight excluding hydrogens is 318 g/mol. The molecule has 0 aromatic heterocycles. The second-order valence-electron chi connectivity index (χ2n) is 8.79. The highest BCUT2D eigenvalue weighted by molar-refractivity contribution is 4.52. The number of nitrogens with one attached hydrogen (secondary N) is 1. The highest BCUT2D eigenvalue weighted by atomic mass is 16.5. The zero-order valence-corrected chi connectivity index (χ0v) is 18.3. The van der Waals surface area contributed by atoms with Crippen molar-refractivity contribution in [2.24, 2.45) is 5.92 Å². The molecule has 0 aliphatic heterocycles. The summed E-state index contributed by atoms with van der Waals surface area (Å²) in [6, 6.07) is 0. The molecule has 0 heterocycles. The summed E-state index contributed by atoms with van der Waals surface area (Å²) in [5.41, 5.74) is 1.98. The molecule has 0 fully saturated rings. The van der Waals surface area contributed by atoms with Gasteiger partial charge in [0.05, 0.1) is 0 Å². The lowest BCUT2D eigenvalue weighted by Gasteiger charge is -2.06. The zero-order valence-electron chi connectivity index (χ0n) is 18.3. The summed E-state index contributed by atoms with van der Waals surface area (Å²) in [5, 5.41) is 10.1. The van der Waals surface area contributed by atoms with Crippen molar-refractivity contribution in [2.45, 2.75) is 142 Å². The molecule has 0 rings (SSSR count). The van der Waals surface area contributed by atoms with Gasteiger partial charge in [-0.05, 0) is 18.9 Å². The Morgan fingerprint density at radius 2 is 0.731 bits per heavy atom. The standard InChI is InChI=1S/C24H50NO/c1-24(2)22-20-18-16-14-12-10-8-6-4-3-5-7-9-11-13-15-17-19-21-23-25-26/h24-25H,3-23H2,1-2H3/q-1. The number of rotatable bonds is 22. The van der Waals surface area contributed by atoms with Gasteiger partial charge in [0.1, 0.15) is 0 Å². The quantitative estimate of drug-likeness (QED) is 0.153. The van der Waals surface area contributed by atoms with Crippen molar-refractivity contribution in [1.29, 1.82) is 0 Å². The van der Waals surface area contributed by atoms with Crippen molar-refractivity contribution in [3.8, 4) is 0 Å². The van der Waals surface area contributed by atoms with E-state index in [0.29, 0.717) is 6.54 Å². The average molecular weight is 369 g/mol. The molecule has 0 saturated heterocycles. The third-order valence-corrected chi connectivity index (χ3v) is 5.56. The van der Waals surface area contributed by atoms with Crippen molar-refractivity contribution in [3.05, 3.63) is 5.21 Å². The van der Waals surface area contributed by atoms with Crippen LogP contribution < -0.4 is 5.48 Å². The van der Waals surface area contributed by atoms with Gasteiger partial charge in [0.15, 0.2) is 0 Å². The van der Waals surface area contributed by atoms with Crippen LogP contribution in [0.3, 0.4) is 0 Å². The van der Waals surface area contributed by atoms with Crippen LogP contribution in [-0.2, 0) is 0 Å². The molecule has 0 amide bonds. The van der Waals surface area contributed by atoms with E-state index in [2.05, 4.69) is 13.8 Å². The van der Waals surface area contributed by atoms with E-state index in [1.165, 1.54) is 122 Å². The molecule has 0 radical (unpaired) electrons. The lowest BCUT2D eigenvalue weighted by molar-refractivity contribution is 0.501. The maximum atomic E-state index is 10.1. The van der Waals surface area contributed by atoms with Crippen LogP contribution in [-0.4, -0.2) is 6.54 Å². The largest absolute Gasteiger partial charge is 0.788 e. The van der Waals surface area contributed by atoms with Crippen LogP contribution in [0.1, 0.15) is 142 Å². The topological polar surface area (TPSA) is 35.1 Å². The van der Waals surface area contributed by atoms with Gasteiger partial charge >= 0.3 is 0 Å².